The van der Waals surface area contributed by atoms with E-state index in [-0.39, 0.29) is 23.3 Å². The van der Waals surface area contributed by atoms with E-state index in [0.717, 1.165) is 5.69 Å². The average Bonchev–Trinajstić information content (AvgIpc) is 3.27. The molecule has 0 atom stereocenters. The molecule has 0 saturated carbocycles. The first kappa shape index (κ1) is 25.5. The Kier molecular flexibility index (Phi) is 6.96. The largest absolute Gasteiger partial charge is 0.871 e. The first-order valence-corrected chi connectivity index (χ1v) is 11.4. The molecule has 10 nitrogen and oxygen atoms in total. The number of fused-ring (bicyclic) bond motifs is 1. The number of nitrogens with two attached hydrogens (primary N) is 1. The predicted molar refractivity (Wildman–Crippen MR) is 136 cm³/mol. The maximum absolute atomic E-state index is 13.3. The molecule has 2 aromatic carbocycles. The van der Waals surface area contributed by atoms with Crippen LogP contribution in [0.1, 0.15) is 5.69 Å². The molecule has 2 heterocycles. The third-order valence-electron chi connectivity index (χ3n) is 5.83. The standard InChI is InChI=1S/C25H27ClN4O6/c1-13-6-21(36-29-13)22-23(33)16-8-15(17(26)9-18(16)28-24(22)34)14-4-5-19(30(2)3)20(7-14)35-12-25(27,10-31)11-32/h4-9,31-32H,10-12,27H2,1-3H3,(H2,28,33,34)/p-1. The summed E-state index contributed by atoms with van der Waals surface area (Å²) in [7, 11) is 3.68. The van der Waals surface area contributed by atoms with Gasteiger partial charge in [0.2, 0.25) is 0 Å². The number of anilines is 1. The summed E-state index contributed by atoms with van der Waals surface area (Å²) in [6.45, 7) is 0.627. The van der Waals surface area contributed by atoms with Crippen molar-refractivity contribution in [2.24, 2.45) is 5.73 Å². The number of aliphatic hydroxyl groups excluding tert-OH is 2. The van der Waals surface area contributed by atoms with Crippen molar-refractivity contribution >= 4 is 28.2 Å². The molecule has 0 bridgehead atoms. The molecule has 0 aliphatic carbocycles. The summed E-state index contributed by atoms with van der Waals surface area (Å²) in [5.41, 5.74) is 6.63. The van der Waals surface area contributed by atoms with E-state index in [1.165, 1.54) is 12.1 Å². The van der Waals surface area contributed by atoms with Gasteiger partial charge in [0.05, 0.1) is 40.7 Å². The Morgan fingerprint density at radius 1 is 1.22 bits per heavy atom. The van der Waals surface area contributed by atoms with E-state index >= 15 is 0 Å². The molecule has 5 N–H and O–H groups in total. The Morgan fingerprint density at radius 3 is 2.56 bits per heavy atom. The van der Waals surface area contributed by atoms with Gasteiger partial charge in [-0.1, -0.05) is 28.6 Å². The van der Waals surface area contributed by atoms with Gasteiger partial charge in [-0.15, -0.1) is 0 Å². The maximum atomic E-state index is 13.3. The molecule has 0 aliphatic heterocycles. The predicted octanol–water partition coefficient (Wildman–Crippen LogP) is 2.01. The second kappa shape index (κ2) is 9.82. The lowest BCUT2D eigenvalue weighted by Gasteiger charge is -2.26. The van der Waals surface area contributed by atoms with Gasteiger partial charge in [-0.3, -0.25) is 4.79 Å². The van der Waals surface area contributed by atoms with Crippen molar-refractivity contribution in [1.82, 2.24) is 10.1 Å². The molecule has 0 saturated heterocycles. The van der Waals surface area contributed by atoms with Crippen molar-refractivity contribution in [3.8, 4) is 33.9 Å². The van der Waals surface area contributed by atoms with Crippen LogP contribution in [0.3, 0.4) is 0 Å². The van der Waals surface area contributed by atoms with Gasteiger partial charge in [0, 0.05) is 31.2 Å². The smallest absolute Gasteiger partial charge is 0.258 e. The van der Waals surface area contributed by atoms with Crippen LogP contribution in [0.25, 0.3) is 33.4 Å². The quantitative estimate of drug-likeness (QED) is 0.276. The summed E-state index contributed by atoms with van der Waals surface area (Å²) in [6.07, 6.45) is 0. The number of hydrogen-bond acceptors (Lipinski definition) is 9. The minimum Gasteiger partial charge on any atom is -0.871 e. The number of nitrogens with zero attached hydrogens (tertiary/aromatic N) is 2. The molecule has 2 aromatic heterocycles. The lowest BCUT2D eigenvalue weighted by Crippen LogP contribution is -2.52. The zero-order valence-electron chi connectivity index (χ0n) is 20.0. The molecule has 4 rings (SSSR count). The van der Waals surface area contributed by atoms with Gasteiger partial charge >= 0.3 is 0 Å². The highest BCUT2D eigenvalue weighted by atomic mass is 35.5. The normalized spacial score (nSPS) is 11.8. The molecule has 0 unspecified atom stereocenters. The van der Waals surface area contributed by atoms with Gasteiger partial charge < -0.3 is 40.2 Å². The Hall–Kier alpha value is -3.57. The Morgan fingerprint density at radius 2 is 1.94 bits per heavy atom. The van der Waals surface area contributed by atoms with E-state index in [9.17, 15) is 20.1 Å². The highest BCUT2D eigenvalue weighted by Crippen LogP contribution is 2.39. The van der Waals surface area contributed by atoms with Crippen LogP contribution in [-0.2, 0) is 0 Å². The second-order valence-corrected chi connectivity index (χ2v) is 9.32. The van der Waals surface area contributed by atoms with Crippen molar-refractivity contribution < 1.29 is 24.6 Å². The van der Waals surface area contributed by atoms with Crippen LogP contribution < -0.4 is 26.0 Å². The van der Waals surface area contributed by atoms with Crippen molar-refractivity contribution in [3.05, 3.63) is 57.5 Å². The van der Waals surface area contributed by atoms with Crippen LogP contribution in [-0.4, -0.2) is 59.8 Å². The molecular weight excluding hydrogens is 488 g/mol. The summed E-state index contributed by atoms with van der Waals surface area (Å²) >= 11 is 6.56. The number of aryl methyl sites for hydroxylation is 1. The second-order valence-electron chi connectivity index (χ2n) is 8.91. The zero-order chi connectivity index (χ0) is 26.2. The Bertz CT molecular complexity index is 1480. The summed E-state index contributed by atoms with van der Waals surface area (Å²) in [5, 5.41) is 36.6. The molecular formula is C25H26ClN4O6-. The minimum atomic E-state index is -1.32. The maximum Gasteiger partial charge on any atom is 0.258 e. The molecule has 0 aliphatic rings. The van der Waals surface area contributed by atoms with Gasteiger partial charge in [-0.25, -0.2) is 0 Å². The van der Waals surface area contributed by atoms with Crippen molar-refractivity contribution in [2.75, 3.05) is 38.8 Å². The van der Waals surface area contributed by atoms with Gasteiger partial charge in [0.15, 0.2) is 5.76 Å². The monoisotopic (exact) mass is 513 g/mol. The van der Waals surface area contributed by atoms with Gasteiger partial charge in [0.1, 0.15) is 12.4 Å². The number of nitrogens with one attached hydrogen (secondary N) is 1. The van der Waals surface area contributed by atoms with E-state index in [2.05, 4.69) is 10.1 Å². The molecule has 0 fully saturated rings. The van der Waals surface area contributed by atoms with Gasteiger partial charge in [-0.05, 0) is 42.1 Å². The van der Waals surface area contributed by atoms with Crippen LogP contribution in [0.15, 0.2) is 45.7 Å². The molecule has 36 heavy (non-hydrogen) atoms. The lowest BCUT2D eigenvalue weighted by molar-refractivity contribution is -0.265. The molecule has 11 heteroatoms. The van der Waals surface area contributed by atoms with Crippen LogP contribution in [0.4, 0.5) is 5.69 Å². The van der Waals surface area contributed by atoms with E-state index < -0.39 is 30.1 Å². The fourth-order valence-electron chi connectivity index (χ4n) is 3.74. The van der Waals surface area contributed by atoms with Crippen molar-refractivity contribution in [3.63, 3.8) is 0 Å². The number of rotatable bonds is 8. The van der Waals surface area contributed by atoms with E-state index in [4.69, 9.17) is 26.6 Å². The lowest BCUT2D eigenvalue weighted by atomic mass is 10.00. The number of aromatic nitrogens is 2. The highest BCUT2D eigenvalue weighted by Gasteiger charge is 2.25. The van der Waals surface area contributed by atoms with Crippen LogP contribution in [0, 0.1) is 6.92 Å². The summed E-state index contributed by atoms with van der Waals surface area (Å²) in [4.78, 5) is 17.2. The third-order valence-corrected chi connectivity index (χ3v) is 6.14. The van der Waals surface area contributed by atoms with Crippen molar-refractivity contribution in [2.45, 2.75) is 12.5 Å². The molecule has 0 spiro atoms. The zero-order valence-corrected chi connectivity index (χ0v) is 20.7. The van der Waals surface area contributed by atoms with Crippen molar-refractivity contribution in [1.29, 1.82) is 0 Å². The number of hydrogen-bond donors (Lipinski definition) is 4. The van der Waals surface area contributed by atoms with Crippen LogP contribution >= 0.6 is 11.6 Å². The fraction of sp³-hybridized carbons (Fsp3) is 0.280. The number of pyridine rings is 1. The Labute approximate surface area is 211 Å². The number of aliphatic hydroxyl groups is 2. The van der Waals surface area contributed by atoms with Crippen LogP contribution in [0.2, 0.25) is 5.02 Å². The summed E-state index contributed by atoms with van der Waals surface area (Å²) < 4.78 is 11.1. The molecule has 190 valence electrons. The van der Waals surface area contributed by atoms with E-state index in [1.54, 1.807) is 19.1 Å². The molecule has 0 amide bonds. The number of ether oxygens (including phenoxy) is 1. The molecule has 4 aromatic rings. The first-order valence-electron chi connectivity index (χ1n) is 11.0. The third kappa shape index (κ3) is 4.76. The van der Waals surface area contributed by atoms with Gasteiger partial charge in [0.25, 0.3) is 5.56 Å². The topological polar surface area (TPSA) is 161 Å². The number of benzene rings is 2. The van der Waals surface area contributed by atoms with Crippen LogP contribution in [0.5, 0.6) is 11.5 Å². The Balaban J connectivity index is 1.84. The van der Waals surface area contributed by atoms with E-state index in [1.807, 2.05) is 31.1 Å². The highest BCUT2D eigenvalue weighted by molar-refractivity contribution is 6.34. The SMILES string of the molecule is Cc1cc(-c2c([O-])c3cc(-c4ccc(N(C)C)c(OCC(N)(CO)CO)c4)c(Cl)cc3[nH]c2=O)on1. The molecule has 0 radical (unpaired) electrons. The number of halogens is 1. The first-order chi connectivity index (χ1) is 17.1. The van der Waals surface area contributed by atoms with Gasteiger partial charge in [-0.2, -0.15) is 0 Å². The number of H-pyrrole nitrogens is 1. The summed E-state index contributed by atoms with van der Waals surface area (Å²) in [5.74, 6) is 0.0104. The average molecular weight is 514 g/mol. The van der Waals surface area contributed by atoms with E-state index in [0.29, 0.717) is 33.1 Å². The fourth-order valence-corrected chi connectivity index (χ4v) is 4.02. The number of aromatic amines is 1. The minimum absolute atomic E-state index is 0.0845. The summed E-state index contributed by atoms with van der Waals surface area (Å²) in [6, 6.07) is 10.0.